The van der Waals surface area contributed by atoms with Crippen LogP contribution in [0.4, 0.5) is 0 Å². The van der Waals surface area contributed by atoms with Crippen LogP contribution in [0.3, 0.4) is 0 Å². The Labute approximate surface area is 83.4 Å². The van der Waals surface area contributed by atoms with Gasteiger partial charge in [0.15, 0.2) is 0 Å². The minimum Gasteiger partial charge on any atom is -0.464 e. The van der Waals surface area contributed by atoms with Crippen molar-refractivity contribution in [2.75, 3.05) is 0 Å². The van der Waals surface area contributed by atoms with Crippen molar-refractivity contribution in [1.82, 2.24) is 0 Å². The normalized spacial score (nSPS) is 10.8. The molecular weight excluding hydrogens is 239 g/mol. The lowest BCUT2D eigenvalue weighted by molar-refractivity contribution is 0.612. The first-order valence-corrected chi connectivity index (χ1v) is 4.85. The fourth-order valence-electron chi connectivity index (χ4n) is 1.16. The first-order chi connectivity index (χ1) is 5.81. The highest BCUT2D eigenvalue weighted by Gasteiger charge is 2.03. The largest absolute Gasteiger partial charge is 0.464 e. The van der Waals surface area contributed by atoms with Crippen molar-refractivity contribution in [3.8, 4) is 0 Å². The smallest absolute Gasteiger partial charge is 0.134 e. The van der Waals surface area contributed by atoms with Crippen LogP contribution >= 0.6 is 27.5 Å². The van der Waals surface area contributed by atoms with Crippen molar-refractivity contribution in [1.29, 1.82) is 0 Å². The van der Waals surface area contributed by atoms with Crippen molar-refractivity contribution in [2.24, 2.45) is 0 Å². The highest BCUT2D eigenvalue weighted by atomic mass is 79.9. The van der Waals surface area contributed by atoms with Crippen LogP contribution in [0.5, 0.6) is 0 Å². The molecule has 2 rings (SSSR count). The minimum atomic E-state index is 0.490. The van der Waals surface area contributed by atoms with Crippen molar-refractivity contribution in [3.05, 3.63) is 34.5 Å². The van der Waals surface area contributed by atoms with Crippen LogP contribution in [0.2, 0.25) is 0 Å². The fraction of sp³-hybridized carbons (Fsp3) is 0.111. The molecule has 0 aliphatic carbocycles. The van der Waals surface area contributed by atoms with Gasteiger partial charge < -0.3 is 4.42 Å². The van der Waals surface area contributed by atoms with Gasteiger partial charge in [-0.3, -0.25) is 0 Å². The lowest BCUT2D eigenvalue weighted by atomic mass is 10.2. The molecule has 0 saturated carbocycles. The lowest BCUT2D eigenvalue weighted by Gasteiger charge is -1.91. The Morgan fingerprint density at radius 3 is 3.00 bits per heavy atom. The van der Waals surface area contributed by atoms with Gasteiger partial charge in [0, 0.05) is 15.4 Å². The SMILES string of the molecule is ClCc1coc2ccc(Br)cc12. The molecule has 1 nitrogen and oxygen atoms in total. The van der Waals surface area contributed by atoms with Crippen LogP contribution in [0, 0.1) is 0 Å². The maximum atomic E-state index is 5.72. The number of furan rings is 1. The second kappa shape index (κ2) is 3.11. The standard InChI is InChI=1S/C9H6BrClO/c10-7-1-2-9-8(3-7)6(4-11)5-12-9/h1-3,5H,4H2. The summed E-state index contributed by atoms with van der Waals surface area (Å²) < 4.78 is 6.33. The summed E-state index contributed by atoms with van der Waals surface area (Å²) in [6.45, 7) is 0. The molecule has 0 amide bonds. The molecule has 0 aliphatic rings. The zero-order chi connectivity index (χ0) is 8.55. The summed E-state index contributed by atoms with van der Waals surface area (Å²) in [6, 6.07) is 5.88. The Morgan fingerprint density at radius 2 is 2.25 bits per heavy atom. The third kappa shape index (κ3) is 1.25. The molecule has 2 aromatic rings. The number of alkyl halides is 1. The van der Waals surface area contributed by atoms with E-state index in [1.807, 2.05) is 18.2 Å². The molecule has 0 saturated heterocycles. The van der Waals surface area contributed by atoms with E-state index in [4.69, 9.17) is 16.0 Å². The molecule has 0 atom stereocenters. The molecule has 1 aromatic heterocycles. The van der Waals surface area contributed by atoms with Gasteiger partial charge >= 0.3 is 0 Å². The Balaban J connectivity index is 2.75. The highest BCUT2D eigenvalue weighted by molar-refractivity contribution is 9.10. The second-order valence-electron chi connectivity index (χ2n) is 2.54. The summed E-state index contributed by atoms with van der Waals surface area (Å²) in [5, 5.41) is 1.08. The van der Waals surface area contributed by atoms with Crippen molar-refractivity contribution < 1.29 is 4.42 Å². The monoisotopic (exact) mass is 244 g/mol. The molecule has 62 valence electrons. The van der Waals surface area contributed by atoms with Crippen molar-refractivity contribution in [3.63, 3.8) is 0 Å². The molecule has 0 fully saturated rings. The molecular formula is C9H6BrClO. The van der Waals surface area contributed by atoms with E-state index >= 15 is 0 Å². The molecule has 1 heterocycles. The van der Waals surface area contributed by atoms with Crippen LogP contribution in [0.15, 0.2) is 33.4 Å². The van der Waals surface area contributed by atoms with E-state index in [0.717, 1.165) is 21.0 Å². The summed E-state index contributed by atoms with van der Waals surface area (Å²) in [7, 11) is 0. The Kier molecular flexibility index (Phi) is 2.11. The zero-order valence-corrected chi connectivity index (χ0v) is 8.52. The van der Waals surface area contributed by atoms with Gasteiger partial charge in [-0.25, -0.2) is 0 Å². The molecule has 0 unspecified atom stereocenters. The van der Waals surface area contributed by atoms with Crippen LogP contribution in [0.1, 0.15) is 5.56 Å². The minimum absolute atomic E-state index is 0.490. The quantitative estimate of drug-likeness (QED) is 0.694. The van der Waals surface area contributed by atoms with Gasteiger partial charge in [0.2, 0.25) is 0 Å². The van der Waals surface area contributed by atoms with E-state index in [0.29, 0.717) is 5.88 Å². The van der Waals surface area contributed by atoms with E-state index in [2.05, 4.69) is 15.9 Å². The number of fused-ring (bicyclic) bond motifs is 1. The zero-order valence-electron chi connectivity index (χ0n) is 6.18. The predicted octanol–water partition coefficient (Wildman–Crippen LogP) is 3.93. The number of hydrogen-bond acceptors (Lipinski definition) is 1. The Morgan fingerprint density at radius 1 is 1.42 bits per heavy atom. The van der Waals surface area contributed by atoms with Gasteiger partial charge in [0.05, 0.1) is 12.1 Å². The lowest BCUT2D eigenvalue weighted by Crippen LogP contribution is -1.72. The summed E-state index contributed by atoms with van der Waals surface area (Å²) in [5.74, 6) is 0.490. The van der Waals surface area contributed by atoms with E-state index in [9.17, 15) is 0 Å². The third-order valence-corrected chi connectivity index (χ3v) is 2.54. The summed E-state index contributed by atoms with van der Waals surface area (Å²) >= 11 is 9.12. The Hall–Kier alpha value is -0.470. The van der Waals surface area contributed by atoms with Crippen molar-refractivity contribution in [2.45, 2.75) is 5.88 Å². The predicted molar refractivity (Wildman–Crippen MR) is 53.5 cm³/mol. The van der Waals surface area contributed by atoms with Crippen molar-refractivity contribution >= 4 is 38.5 Å². The van der Waals surface area contributed by atoms with Gasteiger partial charge in [-0.1, -0.05) is 15.9 Å². The molecule has 0 radical (unpaired) electrons. The van der Waals surface area contributed by atoms with E-state index in [1.165, 1.54) is 0 Å². The third-order valence-electron chi connectivity index (χ3n) is 1.76. The molecule has 0 aliphatic heterocycles. The van der Waals surface area contributed by atoms with Crippen LogP contribution in [-0.4, -0.2) is 0 Å². The average molecular weight is 246 g/mol. The number of hydrogen-bond donors (Lipinski definition) is 0. The highest BCUT2D eigenvalue weighted by Crippen LogP contribution is 2.25. The van der Waals surface area contributed by atoms with E-state index < -0.39 is 0 Å². The van der Waals surface area contributed by atoms with Gasteiger partial charge in [-0.05, 0) is 18.2 Å². The van der Waals surface area contributed by atoms with Gasteiger partial charge in [0.1, 0.15) is 5.58 Å². The van der Waals surface area contributed by atoms with E-state index in [-0.39, 0.29) is 0 Å². The van der Waals surface area contributed by atoms with Gasteiger partial charge in [-0.2, -0.15) is 0 Å². The summed E-state index contributed by atoms with van der Waals surface area (Å²) in [4.78, 5) is 0. The molecule has 3 heteroatoms. The van der Waals surface area contributed by atoms with Crippen LogP contribution in [-0.2, 0) is 5.88 Å². The maximum Gasteiger partial charge on any atom is 0.134 e. The molecule has 12 heavy (non-hydrogen) atoms. The van der Waals surface area contributed by atoms with E-state index in [1.54, 1.807) is 6.26 Å². The summed E-state index contributed by atoms with van der Waals surface area (Å²) in [6.07, 6.45) is 1.70. The molecule has 0 N–H and O–H groups in total. The second-order valence-corrected chi connectivity index (χ2v) is 3.72. The van der Waals surface area contributed by atoms with Crippen LogP contribution < -0.4 is 0 Å². The van der Waals surface area contributed by atoms with Gasteiger partial charge in [0.25, 0.3) is 0 Å². The first-order valence-electron chi connectivity index (χ1n) is 3.53. The molecule has 0 bridgehead atoms. The fourth-order valence-corrected chi connectivity index (χ4v) is 1.73. The molecule has 0 spiro atoms. The number of rotatable bonds is 1. The first kappa shape index (κ1) is 8.14. The number of halogens is 2. The van der Waals surface area contributed by atoms with Gasteiger partial charge in [-0.15, -0.1) is 11.6 Å². The maximum absolute atomic E-state index is 5.72. The average Bonchev–Trinajstić information content (AvgIpc) is 2.46. The molecule has 1 aromatic carbocycles. The van der Waals surface area contributed by atoms with Crippen LogP contribution in [0.25, 0.3) is 11.0 Å². The number of benzene rings is 1. The summed E-state index contributed by atoms with van der Waals surface area (Å²) in [5.41, 5.74) is 1.92. The topological polar surface area (TPSA) is 13.1 Å². The Bertz CT molecular complexity index is 408.